The fourth-order valence-electron chi connectivity index (χ4n) is 3.80. The average Bonchev–Trinajstić information content (AvgIpc) is 2.87. The minimum Gasteiger partial charge on any atom is -0.505 e. The van der Waals surface area contributed by atoms with Crippen molar-refractivity contribution in [2.24, 2.45) is 0 Å². The van der Waals surface area contributed by atoms with Crippen LogP contribution in [0.2, 0.25) is 0 Å². The van der Waals surface area contributed by atoms with E-state index in [2.05, 4.69) is 15.9 Å². The van der Waals surface area contributed by atoms with Gasteiger partial charge < -0.3 is 14.3 Å². The minimum absolute atomic E-state index is 0.00646. The second-order valence-electron chi connectivity index (χ2n) is 7.58. The standard InChI is InChI=1S/C27H18BrNO5S/c1-33-18-11-7-10-17(14-18)29-20(16-8-3-2-4-9-16)15-21-23(26(29)31)24(30)25(27(32)34-21)35-22-13-6-5-12-19(22)28/h2-15,30H,1H3. The molecular formula is C27H18BrNO5S. The van der Waals surface area contributed by atoms with Gasteiger partial charge in [-0.3, -0.25) is 9.36 Å². The highest BCUT2D eigenvalue weighted by molar-refractivity contribution is 9.10. The van der Waals surface area contributed by atoms with E-state index in [1.54, 1.807) is 43.5 Å². The molecule has 0 bridgehead atoms. The zero-order valence-corrected chi connectivity index (χ0v) is 20.8. The van der Waals surface area contributed by atoms with E-state index in [1.807, 2.05) is 48.5 Å². The average molecular weight is 548 g/mol. The molecule has 0 spiro atoms. The van der Waals surface area contributed by atoms with Crippen LogP contribution in [0.15, 0.2) is 113 Å². The number of hydrogen-bond donors (Lipinski definition) is 1. The number of fused-ring (bicyclic) bond motifs is 1. The van der Waals surface area contributed by atoms with E-state index in [0.717, 1.165) is 21.8 Å². The van der Waals surface area contributed by atoms with Crippen LogP contribution in [0.1, 0.15) is 0 Å². The Morgan fingerprint density at radius 3 is 2.43 bits per heavy atom. The van der Waals surface area contributed by atoms with Gasteiger partial charge in [0.15, 0.2) is 5.75 Å². The van der Waals surface area contributed by atoms with Crippen LogP contribution in [0.3, 0.4) is 0 Å². The molecule has 0 unspecified atom stereocenters. The van der Waals surface area contributed by atoms with E-state index in [9.17, 15) is 14.7 Å². The summed E-state index contributed by atoms with van der Waals surface area (Å²) >= 11 is 4.47. The molecule has 5 aromatic rings. The van der Waals surface area contributed by atoms with Crippen molar-refractivity contribution in [2.45, 2.75) is 9.79 Å². The summed E-state index contributed by atoms with van der Waals surface area (Å²) in [5.74, 6) is 0.153. The van der Waals surface area contributed by atoms with Gasteiger partial charge in [0.25, 0.3) is 5.56 Å². The van der Waals surface area contributed by atoms with Crippen molar-refractivity contribution >= 4 is 38.7 Å². The van der Waals surface area contributed by atoms with Crippen molar-refractivity contribution in [3.63, 3.8) is 0 Å². The molecule has 0 fully saturated rings. The molecule has 6 nitrogen and oxygen atoms in total. The lowest BCUT2D eigenvalue weighted by Crippen LogP contribution is -2.21. The second kappa shape index (κ2) is 9.48. The molecule has 8 heteroatoms. The summed E-state index contributed by atoms with van der Waals surface area (Å²) in [6, 6.07) is 25.2. The van der Waals surface area contributed by atoms with E-state index in [0.29, 0.717) is 22.0 Å². The summed E-state index contributed by atoms with van der Waals surface area (Å²) in [6.45, 7) is 0. The van der Waals surface area contributed by atoms with Crippen LogP contribution in [0.5, 0.6) is 11.5 Å². The smallest absolute Gasteiger partial charge is 0.354 e. The highest BCUT2D eigenvalue weighted by Crippen LogP contribution is 2.39. The van der Waals surface area contributed by atoms with Gasteiger partial charge in [-0.25, -0.2) is 4.79 Å². The summed E-state index contributed by atoms with van der Waals surface area (Å²) in [6.07, 6.45) is 0. The van der Waals surface area contributed by atoms with Crippen molar-refractivity contribution in [1.29, 1.82) is 0 Å². The minimum atomic E-state index is -0.728. The fraction of sp³-hybridized carbons (Fsp3) is 0.0370. The first-order valence-electron chi connectivity index (χ1n) is 10.6. The number of benzene rings is 3. The second-order valence-corrected chi connectivity index (χ2v) is 9.48. The van der Waals surface area contributed by atoms with Crippen molar-refractivity contribution in [2.75, 3.05) is 7.11 Å². The molecule has 5 rings (SSSR count). The van der Waals surface area contributed by atoms with Crippen LogP contribution in [0.4, 0.5) is 0 Å². The lowest BCUT2D eigenvalue weighted by molar-refractivity contribution is 0.414. The first-order valence-corrected chi connectivity index (χ1v) is 12.2. The summed E-state index contributed by atoms with van der Waals surface area (Å²) in [5, 5.41) is 11.1. The highest BCUT2D eigenvalue weighted by Gasteiger charge is 2.23. The molecule has 0 radical (unpaired) electrons. The van der Waals surface area contributed by atoms with Crippen molar-refractivity contribution in [3.05, 3.63) is 110 Å². The first kappa shape index (κ1) is 23.0. The molecule has 174 valence electrons. The molecule has 3 aromatic carbocycles. The Balaban J connectivity index is 1.83. The molecule has 2 heterocycles. The number of aromatic nitrogens is 1. The fourth-order valence-corrected chi connectivity index (χ4v) is 5.18. The number of methoxy groups -OCH3 is 1. The molecule has 0 saturated heterocycles. The molecule has 0 aliphatic heterocycles. The molecule has 0 amide bonds. The molecule has 2 aromatic heterocycles. The van der Waals surface area contributed by atoms with Crippen LogP contribution in [0.25, 0.3) is 27.9 Å². The van der Waals surface area contributed by atoms with Crippen LogP contribution >= 0.6 is 27.7 Å². The molecule has 1 N–H and O–H groups in total. The number of pyridine rings is 1. The zero-order valence-electron chi connectivity index (χ0n) is 18.4. The summed E-state index contributed by atoms with van der Waals surface area (Å²) in [7, 11) is 1.55. The Morgan fingerprint density at radius 1 is 0.943 bits per heavy atom. The van der Waals surface area contributed by atoms with Gasteiger partial charge in [-0.1, -0.05) is 60.3 Å². The molecule has 35 heavy (non-hydrogen) atoms. The van der Waals surface area contributed by atoms with Gasteiger partial charge in [-0.2, -0.15) is 0 Å². The summed E-state index contributed by atoms with van der Waals surface area (Å²) < 4.78 is 13.2. The maximum absolute atomic E-state index is 13.9. The van der Waals surface area contributed by atoms with Gasteiger partial charge in [-0.15, -0.1) is 0 Å². The van der Waals surface area contributed by atoms with Crippen molar-refractivity contribution < 1.29 is 14.3 Å². The number of nitrogens with zero attached hydrogens (tertiary/aromatic N) is 1. The lowest BCUT2D eigenvalue weighted by Gasteiger charge is -2.16. The largest absolute Gasteiger partial charge is 0.505 e. The summed E-state index contributed by atoms with van der Waals surface area (Å²) in [4.78, 5) is 27.4. The maximum atomic E-state index is 13.9. The maximum Gasteiger partial charge on any atom is 0.354 e. The highest BCUT2D eigenvalue weighted by atomic mass is 79.9. The van der Waals surface area contributed by atoms with Crippen LogP contribution < -0.4 is 15.9 Å². The van der Waals surface area contributed by atoms with Gasteiger partial charge in [-0.05, 0) is 45.8 Å². The normalized spacial score (nSPS) is 11.0. The third-order valence-electron chi connectivity index (χ3n) is 5.44. The Kier molecular flexibility index (Phi) is 6.23. The van der Waals surface area contributed by atoms with E-state index >= 15 is 0 Å². The third kappa shape index (κ3) is 4.26. The van der Waals surface area contributed by atoms with E-state index in [-0.39, 0.29) is 15.9 Å². The van der Waals surface area contributed by atoms with E-state index in [4.69, 9.17) is 9.15 Å². The van der Waals surface area contributed by atoms with Crippen molar-refractivity contribution in [3.8, 4) is 28.4 Å². The topological polar surface area (TPSA) is 81.7 Å². The SMILES string of the molecule is COc1cccc(-n2c(-c3ccccc3)cc3oc(=O)c(Sc4ccccc4Br)c(O)c3c2=O)c1. The number of hydrogen-bond acceptors (Lipinski definition) is 6. The Labute approximate surface area is 212 Å². The molecule has 0 saturated carbocycles. The van der Waals surface area contributed by atoms with Gasteiger partial charge in [0.05, 0.1) is 18.5 Å². The molecule has 0 atom stereocenters. The number of halogens is 1. The molecular weight excluding hydrogens is 530 g/mol. The quantitative estimate of drug-likeness (QED) is 0.280. The van der Waals surface area contributed by atoms with Crippen LogP contribution in [-0.2, 0) is 0 Å². The number of ether oxygens (including phenoxy) is 1. The Hall–Kier alpha value is -3.75. The van der Waals surface area contributed by atoms with E-state index < -0.39 is 16.9 Å². The number of rotatable bonds is 5. The Bertz CT molecular complexity index is 1680. The Morgan fingerprint density at radius 2 is 1.69 bits per heavy atom. The first-order chi connectivity index (χ1) is 17.0. The lowest BCUT2D eigenvalue weighted by atomic mass is 10.1. The third-order valence-corrected chi connectivity index (χ3v) is 7.54. The van der Waals surface area contributed by atoms with Crippen LogP contribution in [0, 0.1) is 0 Å². The van der Waals surface area contributed by atoms with Gasteiger partial charge in [0, 0.05) is 21.5 Å². The summed E-state index contributed by atoms with van der Waals surface area (Å²) in [5.41, 5.74) is 0.541. The van der Waals surface area contributed by atoms with Gasteiger partial charge in [0.2, 0.25) is 0 Å². The predicted molar refractivity (Wildman–Crippen MR) is 140 cm³/mol. The zero-order chi connectivity index (χ0) is 24.5. The van der Waals surface area contributed by atoms with Crippen LogP contribution in [-0.4, -0.2) is 16.8 Å². The van der Waals surface area contributed by atoms with Gasteiger partial charge >= 0.3 is 5.63 Å². The molecule has 0 aliphatic rings. The monoisotopic (exact) mass is 547 g/mol. The molecule has 0 aliphatic carbocycles. The van der Waals surface area contributed by atoms with E-state index in [1.165, 1.54) is 4.57 Å². The van der Waals surface area contributed by atoms with Crippen molar-refractivity contribution in [1.82, 2.24) is 4.57 Å². The number of aromatic hydroxyl groups is 1. The predicted octanol–water partition coefficient (Wildman–Crippen LogP) is 6.24. The van der Waals surface area contributed by atoms with Gasteiger partial charge in [0.1, 0.15) is 21.6 Å².